The van der Waals surface area contributed by atoms with E-state index in [1.165, 1.54) is 10.8 Å². The first-order chi connectivity index (χ1) is 13.4. The van der Waals surface area contributed by atoms with Crippen molar-refractivity contribution in [3.63, 3.8) is 0 Å². The van der Waals surface area contributed by atoms with Crippen molar-refractivity contribution in [2.24, 2.45) is 0 Å². The summed E-state index contributed by atoms with van der Waals surface area (Å²) in [4.78, 5) is 8.62. The number of methoxy groups -OCH3 is 1. The zero-order valence-corrected chi connectivity index (χ0v) is 17.5. The number of fused-ring (bicyclic) bond motifs is 3. The maximum Gasteiger partial charge on any atom is 0.278 e. The molecule has 0 radical (unpaired) electrons. The van der Waals surface area contributed by atoms with Crippen molar-refractivity contribution < 1.29 is 9.26 Å². The Morgan fingerprint density at radius 1 is 1.18 bits per heavy atom. The molecule has 4 aromatic rings. The Kier molecular flexibility index (Phi) is 5.12. The molecule has 0 aliphatic rings. The molecule has 28 heavy (non-hydrogen) atoms. The van der Waals surface area contributed by atoms with Crippen molar-refractivity contribution in [3.05, 3.63) is 47.9 Å². The maximum absolute atomic E-state index is 5.78. The number of ether oxygens (including phenoxy) is 1. The molecular formula is C19H17Cl3N4O2. The Morgan fingerprint density at radius 3 is 2.71 bits per heavy atom. The van der Waals surface area contributed by atoms with E-state index in [0.29, 0.717) is 12.2 Å². The summed E-state index contributed by atoms with van der Waals surface area (Å²) in [6.07, 6.45) is 3.21. The highest BCUT2D eigenvalue weighted by atomic mass is 35.6. The predicted molar refractivity (Wildman–Crippen MR) is 110 cm³/mol. The van der Waals surface area contributed by atoms with Gasteiger partial charge < -0.3 is 13.8 Å². The average molecular weight is 440 g/mol. The summed E-state index contributed by atoms with van der Waals surface area (Å²) in [5.41, 5.74) is 3.19. The number of halogens is 3. The third-order valence-electron chi connectivity index (χ3n) is 4.66. The van der Waals surface area contributed by atoms with Crippen LogP contribution in [0.4, 0.5) is 0 Å². The van der Waals surface area contributed by atoms with E-state index < -0.39 is 3.79 Å². The molecule has 0 fully saturated rings. The van der Waals surface area contributed by atoms with Gasteiger partial charge in [0.2, 0.25) is 0 Å². The summed E-state index contributed by atoms with van der Waals surface area (Å²) < 4.78 is 11.0. The standard InChI is InChI=1S/C19H17Cl3N4O2/c1-11-17-14(7-8-23-11)13-6-5-12(27-2)10-15(13)26(17)9-3-4-16-24-18(28-25-16)19(20,21)22/h5-8,10H,3-4,9H2,1-2H3. The molecule has 0 spiro atoms. The minimum atomic E-state index is -1.71. The molecule has 4 rings (SSSR count). The van der Waals surface area contributed by atoms with E-state index in [1.807, 2.05) is 31.3 Å². The van der Waals surface area contributed by atoms with Crippen LogP contribution in [0.5, 0.6) is 5.75 Å². The molecule has 0 aliphatic carbocycles. The smallest absolute Gasteiger partial charge is 0.278 e. The molecular weight excluding hydrogens is 423 g/mol. The van der Waals surface area contributed by atoms with Crippen LogP contribution >= 0.6 is 34.8 Å². The van der Waals surface area contributed by atoms with Crippen LogP contribution in [0.3, 0.4) is 0 Å². The fourth-order valence-corrected chi connectivity index (χ4v) is 3.66. The van der Waals surface area contributed by atoms with Crippen LogP contribution in [-0.4, -0.2) is 26.8 Å². The third-order valence-corrected chi connectivity index (χ3v) is 5.14. The Balaban J connectivity index is 1.66. The van der Waals surface area contributed by atoms with E-state index in [-0.39, 0.29) is 5.89 Å². The Labute approximate surface area is 176 Å². The van der Waals surface area contributed by atoms with E-state index in [1.54, 1.807) is 7.11 Å². The van der Waals surface area contributed by atoms with Gasteiger partial charge in [-0.2, -0.15) is 4.98 Å². The van der Waals surface area contributed by atoms with Crippen LogP contribution in [-0.2, 0) is 16.8 Å². The lowest BCUT2D eigenvalue weighted by molar-refractivity contribution is 0.376. The molecule has 0 amide bonds. The number of benzene rings is 1. The van der Waals surface area contributed by atoms with Gasteiger partial charge in [-0.05, 0) is 31.5 Å². The molecule has 9 heteroatoms. The average Bonchev–Trinajstić information content (AvgIpc) is 3.26. The highest BCUT2D eigenvalue weighted by Crippen LogP contribution is 2.37. The lowest BCUT2D eigenvalue weighted by Gasteiger charge is -2.08. The summed E-state index contributed by atoms with van der Waals surface area (Å²) in [7, 11) is 1.67. The van der Waals surface area contributed by atoms with Gasteiger partial charge in [-0.3, -0.25) is 4.98 Å². The van der Waals surface area contributed by atoms with Gasteiger partial charge in [0.05, 0.1) is 23.8 Å². The van der Waals surface area contributed by atoms with Crippen molar-refractivity contribution >= 4 is 56.6 Å². The monoisotopic (exact) mass is 438 g/mol. The van der Waals surface area contributed by atoms with Gasteiger partial charge in [0.15, 0.2) is 5.82 Å². The summed E-state index contributed by atoms with van der Waals surface area (Å²) >= 11 is 17.3. The Hall–Kier alpha value is -2.02. The highest BCUT2D eigenvalue weighted by Gasteiger charge is 2.30. The van der Waals surface area contributed by atoms with Gasteiger partial charge >= 0.3 is 0 Å². The maximum atomic E-state index is 5.78. The molecule has 3 heterocycles. The first-order valence-corrected chi connectivity index (χ1v) is 9.83. The SMILES string of the molecule is COc1ccc2c3ccnc(C)c3n(CCCc3noc(C(Cl)(Cl)Cl)n3)c2c1. The number of alkyl halides is 3. The third kappa shape index (κ3) is 3.52. The molecule has 0 saturated carbocycles. The van der Waals surface area contributed by atoms with Crippen LogP contribution in [0.2, 0.25) is 0 Å². The molecule has 1 aromatic carbocycles. The summed E-state index contributed by atoms with van der Waals surface area (Å²) in [5.74, 6) is 1.30. The van der Waals surface area contributed by atoms with E-state index in [0.717, 1.165) is 35.4 Å². The van der Waals surface area contributed by atoms with E-state index in [4.69, 9.17) is 44.1 Å². The van der Waals surface area contributed by atoms with Crippen LogP contribution in [0, 0.1) is 6.92 Å². The lowest BCUT2D eigenvalue weighted by Crippen LogP contribution is -2.03. The molecule has 6 nitrogen and oxygen atoms in total. The number of hydrogen-bond donors (Lipinski definition) is 0. The van der Waals surface area contributed by atoms with Gasteiger partial charge in [-0.15, -0.1) is 0 Å². The molecule has 146 valence electrons. The normalized spacial score (nSPS) is 12.2. The molecule has 0 aliphatic heterocycles. The molecule has 0 saturated heterocycles. The van der Waals surface area contributed by atoms with Crippen molar-refractivity contribution in [1.29, 1.82) is 0 Å². The first kappa shape index (κ1) is 19.3. The van der Waals surface area contributed by atoms with E-state index in [2.05, 4.69) is 25.8 Å². The fourth-order valence-electron chi connectivity index (χ4n) is 3.42. The second kappa shape index (κ2) is 7.43. The second-order valence-corrected chi connectivity index (χ2v) is 8.73. The molecule has 0 bridgehead atoms. The summed E-state index contributed by atoms with van der Waals surface area (Å²) in [6, 6.07) is 8.14. The number of aromatic nitrogens is 4. The van der Waals surface area contributed by atoms with Crippen LogP contribution in [0.25, 0.3) is 21.8 Å². The zero-order chi connectivity index (χ0) is 19.9. The van der Waals surface area contributed by atoms with Crippen LogP contribution in [0.1, 0.15) is 23.8 Å². The molecule has 0 N–H and O–H groups in total. The van der Waals surface area contributed by atoms with Gasteiger partial charge in [-0.25, -0.2) is 0 Å². The summed E-state index contributed by atoms with van der Waals surface area (Å²) in [6.45, 7) is 2.76. The lowest BCUT2D eigenvalue weighted by atomic mass is 10.1. The predicted octanol–water partition coefficient (Wildman–Crippen LogP) is 5.35. The number of nitrogens with zero attached hydrogens (tertiary/aromatic N) is 4. The Morgan fingerprint density at radius 2 is 2.00 bits per heavy atom. The number of pyridine rings is 1. The van der Waals surface area contributed by atoms with Gasteiger partial charge in [0, 0.05) is 36.0 Å². The first-order valence-electron chi connectivity index (χ1n) is 8.70. The molecule has 0 unspecified atom stereocenters. The molecule has 3 aromatic heterocycles. The van der Waals surface area contributed by atoms with Crippen molar-refractivity contribution in [1.82, 2.24) is 19.7 Å². The second-order valence-electron chi connectivity index (χ2n) is 6.44. The van der Waals surface area contributed by atoms with Crippen LogP contribution in [0.15, 0.2) is 35.0 Å². The minimum Gasteiger partial charge on any atom is -0.497 e. The minimum absolute atomic E-state index is 0.0193. The Bertz CT molecular complexity index is 1150. The van der Waals surface area contributed by atoms with Crippen molar-refractivity contribution in [3.8, 4) is 5.75 Å². The van der Waals surface area contributed by atoms with Gasteiger partial charge in [0.25, 0.3) is 9.68 Å². The highest BCUT2D eigenvalue weighted by molar-refractivity contribution is 6.66. The van der Waals surface area contributed by atoms with Crippen molar-refractivity contribution in [2.45, 2.75) is 30.1 Å². The van der Waals surface area contributed by atoms with Gasteiger partial charge in [0.1, 0.15) is 5.75 Å². The quantitative estimate of drug-likeness (QED) is 0.392. The number of aryl methyl sites for hydroxylation is 3. The largest absolute Gasteiger partial charge is 0.497 e. The number of hydrogen-bond acceptors (Lipinski definition) is 5. The van der Waals surface area contributed by atoms with E-state index in [9.17, 15) is 0 Å². The molecule has 0 atom stereocenters. The fraction of sp³-hybridized carbons (Fsp3) is 0.316. The summed E-state index contributed by atoms with van der Waals surface area (Å²) in [5, 5.41) is 6.23. The number of rotatable bonds is 5. The topological polar surface area (TPSA) is 66.0 Å². The van der Waals surface area contributed by atoms with Crippen molar-refractivity contribution in [2.75, 3.05) is 7.11 Å². The van der Waals surface area contributed by atoms with E-state index >= 15 is 0 Å². The zero-order valence-electron chi connectivity index (χ0n) is 15.2. The van der Waals surface area contributed by atoms with Crippen LogP contribution < -0.4 is 4.74 Å². The van der Waals surface area contributed by atoms with Gasteiger partial charge in [-0.1, -0.05) is 40.0 Å².